The van der Waals surface area contributed by atoms with E-state index in [1.807, 2.05) is 50.2 Å². The molecule has 2 aromatic carbocycles. The van der Waals surface area contributed by atoms with Crippen molar-refractivity contribution in [3.8, 4) is 11.5 Å². The van der Waals surface area contributed by atoms with E-state index in [9.17, 15) is 10.2 Å². The summed E-state index contributed by atoms with van der Waals surface area (Å²) in [7, 11) is 1.59. The molecule has 148 valence electrons. The number of methoxy groups -OCH3 is 1. The van der Waals surface area contributed by atoms with Crippen LogP contribution >= 0.6 is 0 Å². The number of rotatable bonds is 7. The van der Waals surface area contributed by atoms with Gasteiger partial charge in [0.2, 0.25) is 0 Å². The van der Waals surface area contributed by atoms with E-state index in [2.05, 4.69) is 20.8 Å². The zero-order valence-corrected chi connectivity index (χ0v) is 16.1. The van der Waals surface area contributed by atoms with Crippen LogP contribution in [0.3, 0.4) is 0 Å². The molecule has 28 heavy (non-hydrogen) atoms. The molecule has 8 nitrogen and oxygen atoms in total. The number of nitrogens with zero attached hydrogens (tertiary/aromatic N) is 1. The van der Waals surface area contributed by atoms with Crippen molar-refractivity contribution in [2.75, 3.05) is 17.7 Å². The minimum absolute atomic E-state index is 0.299. The molecular formula is C20H25N5O3. The summed E-state index contributed by atoms with van der Waals surface area (Å²) in [6, 6.07) is 11.2. The smallest absolute Gasteiger partial charge is 0.161 e. The largest absolute Gasteiger partial charge is 0.507 e. The minimum Gasteiger partial charge on any atom is -0.507 e. The van der Waals surface area contributed by atoms with Gasteiger partial charge in [0.1, 0.15) is 23.5 Å². The zero-order chi connectivity index (χ0) is 20.3. The molecule has 7 N–H and O–H groups in total. The van der Waals surface area contributed by atoms with E-state index in [-0.39, 0.29) is 0 Å². The molecule has 3 aromatic rings. The number of nitrogens with one attached hydrogen (secondary N) is 3. The lowest BCUT2D eigenvalue weighted by molar-refractivity contribution is 0.187. The van der Waals surface area contributed by atoms with Crippen LogP contribution in [0, 0.1) is 13.8 Å². The zero-order valence-electron chi connectivity index (χ0n) is 16.1. The summed E-state index contributed by atoms with van der Waals surface area (Å²) in [4.78, 5) is 0. The van der Waals surface area contributed by atoms with E-state index in [1.165, 1.54) is 0 Å². The number of anilines is 3. The summed E-state index contributed by atoms with van der Waals surface area (Å²) >= 11 is 0. The highest BCUT2D eigenvalue weighted by atomic mass is 16.5. The number of hydrogen-bond acceptors (Lipinski definition) is 7. The van der Waals surface area contributed by atoms with Gasteiger partial charge in [-0.15, -0.1) is 0 Å². The number of aromatic nitrogens is 2. The molecule has 0 fully saturated rings. The lowest BCUT2D eigenvalue weighted by atomic mass is 10.1. The molecule has 0 aliphatic carbocycles. The minimum atomic E-state index is -1.22. The Morgan fingerprint density at radius 3 is 2.57 bits per heavy atom. The Bertz CT molecular complexity index is 945. The number of nitrogens with two attached hydrogens (primary N) is 1. The number of aliphatic hydroxyl groups is 1. The molecule has 1 heterocycles. The van der Waals surface area contributed by atoms with E-state index < -0.39 is 6.23 Å². The molecule has 0 radical (unpaired) electrons. The number of ether oxygens (including phenoxy) is 1. The second-order valence-corrected chi connectivity index (χ2v) is 6.59. The topological polar surface area (TPSA) is 128 Å². The van der Waals surface area contributed by atoms with Gasteiger partial charge in [-0.3, -0.25) is 5.10 Å². The van der Waals surface area contributed by atoms with Crippen molar-refractivity contribution in [1.82, 2.24) is 10.2 Å². The number of aromatic hydroxyl groups is 1. The molecule has 0 aliphatic rings. The summed E-state index contributed by atoms with van der Waals surface area (Å²) in [5, 5.41) is 33.4. The Kier molecular flexibility index (Phi) is 5.72. The first-order valence-corrected chi connectivity index (χ1v) is 8.85. The van der Waals surface area contributed by atoms with Crippen LogP contribution in [-0.2, 0) is 6.54 Å². The maximum atomic E-state index is 10.1. The number of benzene rings is 2. The van der Waals surface area contributed by atoms with E-state index >= 15 is 0 Å². The maximum Gasteiger partial charge on any atom is 0.161 e. The molecule has 0 spiro atoms. The van der Waals surface area contributed by atoms with E-state index in [1.54, 1.807) is 7.11 Å². The van der Waals surface area contributed by atoms with Gasteiger partial charge in [-0.05, 0) is 42.7 Å². The average Bonchev–Trinajstić information content (AvgIpc) is 3.07. The van der Waals surface area contributed by atoms with Crippen LogP contribution in [0.15, 0.2) is 36.4 Å². The van der Waals surface area contributed by atoms with Crippen molar-refractivity contribution >= 4 is 17.3 Å². The van der Waals surface area contributed by atoms with Crippen LogP contribution < -0.4 is 21.1 Å². The Labute approximate surface area is 163 Å². The van der Waals surface area contributed by atoms with Crippen LogP contribution in [0.5, 0.6) is 11.5 Å². The molecular weight excluding hydrogens is 358 g/mol. The highest BCUT2D eigenvalue weighted by Gasteiger charge is 2.18. The van der Waals surface area contributed by atoms with Gasteiger partial charge in [-0.1, -0.05) is 18.2 Å². The Balaban J connectivity index is 1.80. The van der Waals surface area contributed by atoms with Gasteiger partial charge in [-0.25, -0.2) is 0 Å². The van der Waals surface area contributed by atoms with Crippen molar-refractivity contribution in [2.24, 2.45) is 5.73 Å². The van der Waals surface area contributed by atoms with Gasteiger partial charge in [0, 0.05) is 18.3 Å². The molecule has 1 atom stereocenters. The van der Waals surface area contributed by atoms with Crippen molar-refractivity contribution in [3.63, 3.8) is 0 Å². The molecule has 1 aromatic heterocycles. The fourth-order valence-electron chi connectivity index (χ4n) is 3.04. The summed E-state index contributed by atoms with van der Waals surface area (Å²) in [5.74, 6) is 1.94. The van der Waals surface area contributed by atoms with Crippen molar-refractivity contribution in [3.05, 3.63) is 58.7 Å². The van der Waals surface area contributed by atoms with Crippen LogP contribution in [0.25, 0.3) is 0 Å². The molecule has 8 heteroatoms. The monoisotopic (exact) mass is 383 g/mol. The van der Waals surface area contributed by atoms with Gasteiger partial charge >= 0.3 is 0 Å². The quantitative estimate of drug-likeness (QED) is 0.346. The van der Waals surface area contributed by atoms with E-state index in [4.69, 9.17) is 10.5 Å². The molecule has 0 bridgehead atoms. The summed E-state index contributed by atoms with van der Waals surface area (Å²) in [6.07, 6.45) is -1.22. The van der Waals surface area contributed by atoms with Gasteiger partial charge in [0.05, 0.1) is 12.7 Å². The lowest BCUT2D eigenvalue weighted by Crippen LogP contribution is -2.13. The standard InChI is InChI=1S/C20H25N5O3/c1-11-7-13(8-12(2)17(11)26)10-22-19-16(18(21)27)20(25-24-19)23-14-5-4-6-15(9-14)28-3/h4-9,18,26-27H,10,21H2,1-3H3,(H3,22,23,24,25). The molecule has 0 amide bonds. The lowest BCUT2D eigenvalue weighted by Gasteiger charge is -2.13. The van der Waals surface area contributed by atoms with Gasteiger partial charge in [-0.2, -0.15) is 5.10 Å². The molecule has 0 saturated carbocycles. The molecule has 0 saturated heterocycles. The van der Waals surface area contributed by atoms with Gasteiger partial charge in [0.15, 0.2) is 5.82 Å². The van der Waals surface area contributed by atoms with Gasteiger partial charge in [0.25, 0.3) is 0 Å². The summed E-state index contributed by atoms with van der Waals surface area (Å²) in [6.45, 7) is 4.18. The second-order valence-electron chi connectivity index (χ2n) is 6.59. The number of H-pyrrole nitrogens is 1. The Hall–Kier alpha value is -3.23. The van der Waals surface area contributed by atoms with Gasteiger partial charge < -0.3 is 31.3 Å². The van der Waals surface area contributed by atoms with E-state index in [0.717, 1.165) is 22.4 Å². The normalized spacial score (nSPS) is 11.9. The third-order valence-corrected chi connectivity index (χ3v) is 4.45. The fraction of sp³-hybridized carbons (Fsp3) is 0.250. The number of aromatic amines is 1. The first kappa shape index (κ1) is 19.5. The van der Waals surface area contributed by atoms with Crippen molar-refractivity contribution < 1.29 is 14.9 Å². The number of aliphatic hydroxyl groups excluding tert-OH is 1. The first-order chi connectivity index (χ1) is 13.4. The second kappa shape index (κ2) is 8.20. The number of phenolic OH excluding ortho intramolecular Hbond substituents is 1. The van der Waals surface area contributed by atoms with E-state index in [0.29, 0.717) is 35.2 Å². The van der Waals surface area contributed by atoms with Crippen LogP contribution in [0.4, 0.5) is 17.3 Å². The van der Waals surface area contributed by atoms with Crippen LogP contribution in [0.2, 0.25) is 0 Å². The van der Waals surface area contributed by atoms with Crippen molar-refractivity contribution in [2.45, 2.75) is 26.6 Å². The third kappa shape index (κ3) is 4.19. The summed E-state index contributed by atoms with van der Waals surface area (Å²) in [5.41, 5.74) is 9.54. The van der Waals surface area contributed by atoms with Crippen LogP contribution in [0.1, 0.15) is 28.5 Å². The Morgan fingerprint density at radius 2 is 1.93 bits per heavy atom. The number of aryl methyl sites for hydroxylation is 2. The predicted octanol–water partition coefficient (Wildman–Crippen LogP) is 3.05. The SMILES string of the molecule is COc1cccc(Nc2n[nH]c(NCc3cc(C)c(O)c(C)c3)c2C(N)O)c1. The summed E-state index contributed by atoms with van der Waals surface area (Å²) < 4.78 is 5.22. The molecule has 3 rings (SSSR count). The molecule has 1 unspecified atom stereocenters. The third-order valence-electron chi connectivity index (χ3n) is 4.45. The maximum absolute atomic E-state index is 10.1. The molecule has 0 aliphatic heterocycles. The highest BCUT2D eigenvalue weighted by molar-refractivity contribution is 5.67. The average molecular weight is 383 g/mol. The van der Waals surface area contributed by atoms with Crippen molar-refractivity contribution in [1.29, 1.82) is 0 Å². The first-order valence-electron chi connectivity index (χ1n) is 8.85. The predicted molar refractivity (Wildman–Crippen MR) is 109 cm³/mol. The highest BCUT2D eigenvalue weighted by Crippen LogP contribution is 2.30. The number of hydrogen-bond donors (Lipinski definition) is 6. The fourth-order valence-corrected chi connectivity index (χ4v) is 3.04. The van der Waals surface area contributed by atoms with Crippen LogP contribution in [-0.4, -0.2) is 27.5 Å². The Morgan fingerprint density at radius 1 is 1.21 bits per heavy atom. The number of phenols is 1.